The van der Waals surface area contributed by atoms with E-state index in [1.165, 1.54) is 7.11 Å². The van der Waals surface area contributed by atoms with Gasteiger partial charge in [-0.3, -0.25) is 9.69 Å². The minimum Gasteiger partial charge on any atom is -0.388 e. The lowest BCUT2D eigenvalue weighted by atomic mass is 9.79. The molecular weight excluding hydrogens is 376 g/mol. The summed E-state index contributed by atoms with van der Waals surface area (Å²) in [6, 6.07) is 17.1. The molecule has 0 radical (unpaired) electrons. The first-order valence-corrected chi connectivity index (χ1v) is 9.83. The Balaban J connectivity index is 1.96. The zero-order valence-electron chi connectivity index (χ0n) is 16.3. The van der Waals surface area contributed by atoms with Gasteiger partial charge < -0.3 is 15.2 Å². The number of nitrogens with zero attached hydrogens (tertiary/aromatic N) is 1. The average molecular weight is 403 g/mol. The summed E-state index contributed by atoms with van der Waals surface area (Å²) in [6.45, 7) is 3.06. The number of rotatable bonds is 6. The maximum atomic E-state index is 12.3. The molecule has 2 aromatic carbocycles. The van der Waals surface area contributed by atoms with Crippen molar-refractivity contribution in [3.05, 3.63) is 70.7 Å². The Morgan fingerprint density at radius 3 is 2.61 bits per heavy atom. The molecule has 0 bridgehead atoms. The second-order valence-electron chi connectivity index (χ2n) is 7.50. The largest absolute Gasteiger partial charge is 0.388 e. The lowest BCUT2D eigenvalue weighted by Gasteiger charge is -2.49. The standard InChI is InChI=1S/C22H27ClN2O3/c1-22(27)12-13-25(14-17-10-6-7-11-18(17)23)20(16-8-4-3-5-9-16)21(22)24-19(26)15-28-2/h3-11,20-21,27H,12-15H2,1-2H3,(H,24,26)/t20-,21-,22+/m0/s1. The summed E-state index contributed by atoms with van der Waals surface area (Å²) in [5.41, 5.74) is 1.02. The Hall–Kier alpha value is -1.92. The van der Waals surface area contributed by atoms with Gasteiger partial charge in [0.25, 0.3) is 0 Å². The van der Waals surface area contributed by atoms with Crippen LogP contribution < -0.4 is 5.32 Å². The molecule has 0 saturated carbocycles. The van der Waals surface area contributed by atoms with Gasteiger partial charge in [0.2, 0.25) is 5.91 Å². The van der Waals surface area contributed by atoms with E-state index < -0.39 is 11.6 Å². The zero-order chi connectivity index (χ0) is 20.1. The topological polar surface area (TPSA) is 61.8 Å². The highest BCUT2D eigenvalue weighted by molar-refractivity contribution is 6.31. The summed E-state index contributed by atoms with van der Waals surface area (Å²) in [5, 5.41) is 14.8. The van der Waals surface area contributed by atoms with Gasteiger partial charge >= 0.3 is 0 Å². The van der Waals surface area contributed by atoms with Crippen molar-refractivity contribution >= 4 is 17.5 Å². The molecule has 2 N–H and O–H groups in total. The predicted octanol–water partition coefficient (Wildman–Crippen LogP) is 3.17. The SMILES string of the molecule is COCC(=O)N[C@H]1[C@H](c2ccccc2)N(Cc2ccccc2Cl)CC[C@@]1(C)O. The molecule has 0 aliphatic carbocycles. The van der Waals surface area contributed by atoms with Gasteiger partial charge in [0.15, 0.2) is 0 Å². The Labute approximate surface area is 171 Å². The summed E-state index contributed by atoms with van der Waals surface area (Å²) in [5.74, 6) is -0.242. The Bertz CT molecular complexity index is 797. The number of ether oxygens (including phenoxy) is 1. The second-order valence-corrected chi connectivity index (χ2v) is 7.91. The molecule has 2 aromatic rings. The number of likely N-dealkylation sites (tertiary alicyclic amines) is 1. The summed E-state index contributed by atoms with van der Waals surface area (Å²) in [7, 11) is 1.48. The van der Waals surface area contributed by atoms with Crippen molar-refractivity contribution in [2.75, 3.05) is 20.3 Å². The number of carbonyl (C=O) groups excluding carboxylic acids is 1. The van der Waals surface area contributed by atoms with Crippen LogP contribution in [0.5, 0.6) is 0 Å². The van der Waals surface area contributed by atoms with Gasteiger partial charge in [-0.25, -0.2) is 0 Å². The molecule has 1 amide bonds. The van der Waals surface area contributed by atoms with E-state index in [1.807, 2.05) is 54.6 Å². The minimum atomic E-state index is -1.04. The van der Waals surface area contributed by atoms with Crippen LogP contribution in [0, 0.1) is 0 Å². The highest BCUT2D eigenvalue weighted by atomic mass is 35.5. The summed E-state index contributed by atoms with van der Waals surface area (Å²) >= 11 is 6.39. The molecule has 150 valence electrons. The third-order valence-corrected chi connectivity index (χ3v) is 5.72. The number of methoxy groups -OCH3 is 1. The molecule has 1 aliphatic heterocycles. The zero-order valence-corrected chi connectivity index (χ0v) is 17.0. The molecule has 5 nitrogen and oxygen atoms in total. The smallest absolute Gasteiger partial charge is 0.246 e. The highest BCUT2D eigenvalue weighted by Crippen LogP contribution is 2.38. The summed E-state index contributed by atoms with van der Waals surface area (Å²) in [6.07, 6.45) is 0.540. The molecule has 0 spiro atoms. The van der Waals surface area contributed by atoms with Crippen LogP contribution in [0.2, 0.25) is 5.02 Å². The summed E-state index contributed by atoms with van der Waals surface area (Å²) in [4.78, 5) is 14.6. The Morgan fingerprint density at radius 2 is 1.93 bits per heavy atom. The molecule has 28 heavy (non-hydrogen) atoms. The first-order chi connectivity index (χ1) is 13.4. The molecule has 1 aliphatic rings. The predicted molar refractivity (Wildman–Crippen MR) is 110 cm³/mol. The lowest BCUT2D eigenvalue weighted by Crippen LogP contribution is -2.62. The second kappa shape index (κ2) is 9.05. The Kier molecular flexibility index (Phi) is 6.73. The van der Waals surface area contributed by atoms with Gasteiger partial charge in [-0.15, -0.1) is 0 Å². The molecular formula is C22H27ClN2O3. The van der Waals surface area contributed by atoms with Gasteiger partial charge in [-0.2, -0.15) is 0 Å². The fraction of sp³-hybridized carbons (Fsp3) is 0.409. The van der Waals surface area contributed by atoms with Gasteiger partial charge in [-0.05, 0) is 30.5 Å². The number of hydrogen-bond acceptors (Lipinski definition) is 4. The number of aliphatic hydroxyl groups is 1. The van der Waals surface area contributed by atoms with Crippen molar-refractivity contribution < 1.29 is 14.6 Å². The molecule has 1 saturated heterocycles. The van der Waals surface area contributed by atoms with Crippen molar-refractivity contribution in [2.24, 2.45) is 0 Å². The molecule has 6 heteroatoms. The van der Waals surface area contributed by atoms with Crippen LogP contribution in [0.25, 0.3) is 0 Å². The van der Waals surface area contributed by atoms with E-state index in [9.17, 15) is 9.90 Å². The monoisotopic (exact) mass is 402 g/mol. The molecule has 3 rings (SSSR count). The van der Waals surface area contributed by atoms with Crippen LogP contribution in [0.4, 0.5) is 0 Å². The van der Waals surface area contributed by atoms with Crippen LogP contribution in [0.1, 0.15) is 30.5 Å². The number of hydrogen-bond donors (Lipinski definition) is 2. The van der Waals surface area contributed by atoms with E-state index in [-0.39, 0.29) is 18.6 Å². The van der Waals surface area contributed by atoms with Crippen molar-refractivity contribution in [1.29, 1.82) is 0 Å². The number of piperidine rings is 1. The van der Waals surface area contributed by atoms with Crippen molar-refractivity contribution in [1.82, 2.24) is 10.2 Å². The number of carbonyl (C=O) groups is 1. The molecule has 3 atom stereocenters. The lowest BCUT2D eigenvalue weighted by molar-refractivity contribution is -0.132. The number of amides is 1. The fourth-order valence-electron chi connectivity index (χ4n) is 3.87. The molecule has 0 aromatic heterocycles. The Morgan fingerprint density at radius 1 is 1.25 bits per heavy atom. The summed E-state index contributed by atoms with van der Waals surface area (Å²) < 4.78 is 4.97. The van der Waals surface area contributed by atoms with Gasteiger partial charge in [0.1, 0.15) is 6.61 Å². The van der Waals surface area contributed by atoms with E-state index in [4.69, 9.17) is 16.3 Å². The maximum absolute atomic E-state index is 12.3. The highest BCUT2D eigenvalue weighted by Gasteiger charge is 2.46. The van der Waals surface area contributed by atoms with E-state index >= 15 is 0 Å². The van der Waals surface area contributed by atoms with Gasteiger partial charge in [-0.1, -0.05) is 60.1 Å². The number of benzene rings is 2. The quantitative estimate of drug-likeness (QED) is 0.779. The fourth-order valence-corrected chi connectivity index (χ4v) is 4.07. The van der Waals surface area contributed by atoms with Crippen LogP contribution in [0.3, 0.4) is 0 Å². The molecule has 1 heterocycles. The van der Waals surface area contributed by atoms with Crippen LogP contribution >= 0.6 is 11.6 Å². The van der Waals surface area contributed by atoms with Crippen LogP contribution in [-0.2, 0) is 16.1 Å². The van der Waals surface area contributed by atoms with Crippen LogP contribution in [-0.4, -0.2) is 47.8 Å². The van der Waals surface area contributed by atoms with E-state index in [0.29, 0.717) is 24.5 Å². The molecule has 0 unspecified atom stereocenters. The van der Waals surface area contributed by atoms with Crippen molar-refractivity contribution in [3.8, 4) is 0 Å². The van der Waals surface area contributed by atoms with E-state index in [1.54, 1.807) is 6.92 Å². The van der Waals surface area contributed by atoms with Gasteiger partial charge in [0.05, 0.1) is 17.7 Å². The van der Waals surface area contributed by atoms with E-state index in [2.05, 4.69) is 10.2 Å². The van der Waals surface area contributed by atoms with Gasteiger partial charge in [0, 0.05) is 25.2 Å². The minimum absolute atomic E-state index is 0.0431. The average Bonchev–Trinajstić information content (AvgIpc) is 2.67. The third kappa shape index (κ3) is 4.73. The first kappa shape index (κ1) is 20.8. The van der Waals surface area contributed by atoms with E-state index in [0.717, 1.165) is 11.1 Å². The third-order valence-electron chi connectivity index (χ3n) is 5.35. The van der Waals surface area contributed by atoms with Crippen LogP contribution in [0.15, 0.2) is 54.6 Å². The van der Waals surface area contributed by atoms with Crippen molar-refractivity contribution in [3.63, 3.8) is 0 Å². The van der Waals surface area contributed by atoms with Crippen molar-refractivity contribution in [2.45, 2.75) is 37.6 Å². The maximum Gasteiger partial charge on any atom is 0.246 e. The number of halogens is 1. The first-order valence-electron chi connectivity index (χ1n) is 9.45. The normalized spacial score (nSPS) is 25.4. The molecule has 1 fully saturated rings. The number of nitrogens with one attached hydrogen (secondary N) is 1.